The molecule has 0 rings (SSSR count). The number of rotatable bonds is 65. The van der Waals surface area contributed by atoms with Gasteiger partial charge in [0.1, 0.15) is 13.2 Å². The second-order valence-electron chi connectivity index (χ2n) is 25.2. The molecular formula is C75H137N2O6P. The van der Waals surface area contributed by atoms with Crippen molar-refractivity contribution in [1.82, 2.24) is 5.32 Å². The zero-order valence-electron chi connectivity index (χ0n) is 55.8. The predicted molar refractivity (Wildman–Crippen MR) is 366 cm³/mol. The lowest BCUT2D eigenvalue weighted by Gasteiger charge is -2.29. The van der Waals surface area contributed by atoms with Crippen LogP contribution in [0.4, 0.5) is 0 Å². The molecule has 0 radical (unpaired) electrons. The van der Waals surface area contributed by atoms with E-state index in [1.165, 1.54) is 218 Å². The van der Waals surface area contributed by atoms with Crippen LogP contribution in [-0.4, -0.2) is 68.5 Å². The van der Waals surface area contributed by atoms with Gasteiger partial charge >= 0.3 is 0 Å². The summed E-state index contributed by atoms with van der Waals surface area (Å²) in [5.41, 5.74) is 0. The fourth-order valence-corrected chi connectivity index (χ4v) is 11.0. The minimum absolute atomic E-state index is 0.00236. The largest absolute Gasteiger partial charge is 0.756 e. The molecule has 3 unspecified atom stereocenters. The number of nitrogens with one attached hydrogen (secondary N) is 1. The Bertz CT molecular complexity index is 1690. The van der Waals surface area contributed by atoms with Crippen LogP contribution in [0.25, 0.3) is 0 Å². The zero-order chi connectivity index (χ0) is 61.2. The topological polar surface area (TPSA) is 108 Å². The first-order valence-corrected chi connectivity index (χ1v) is 37.1. The highest BCUT2D eigenvalue weighted by molar-refractivity contribution is 7.45. The molecule has 0 aliphatic rings. The lowest BCUT2D eigenvalue weighted by molar-refractivity contribution is -0.870. The van der Waals surface area contributed by atoms with E-state index in [1.807, 2.05) is 27.2 Å². The van der Waals surface area contributed by atoms with E-state index >= 15 is 0 Å². The smallest absolute Gasteiger partial charge is 0.268 e. The number of nitrogens with zero attached hydrogens (tertiary/aromatic N) is 1. The van der Waals surface area contributed by atoms with E-state index in [-0.39, 0.29) is 19.1 Å². The van der Waals surface area contributed by atoms with Crippen molar-refractivity contribution in [2.45, 2.75) is 334 Å². The SMILES string of the molecule is CC/C=C\C/C=C\C/C=C\C/C=C\C/C=C\C/C=C\C/C=C\CCCCCCCCCCCCCCCCCCCC(=O)NC(COP(=O)([O-])OCC[N+](C)(C)C)C(O)/C=C/CCCCCCCCCCCCCCCCCCCCCCC. The Hall–Kier alpha value is -2.58. The van der Waals surface area contributed by atoms with Gasteiger partial charge in [-0.1, -0.05) is 336 Å². The molecule has 9 heteroatoms. The summed E-state index contributed by atoms with van der Waals surface area (Å²) < 4.78 is 23.5. The number of aliphatic hydroxyl groups excluding tert-OH is 1. The van der Waals surface area contributed by atoms with Crippen LogP contribution in [0.3, 0.4) is 0 Å². The summed E-state index contributed by atoms with van der Waals surface area (Å²) >= 11 is 0. The van der Waals surface area contributed by atoms with Gasteiger partial charge in [0.25, 0.3) is 7.82 Å². The predicted octanol–water partition coefficient (Wildman–Crippen LogP) is 22.3. The van der Waals surface area contributed by atoms with E-state index in [2.05, 4.69) is 104 Å². The summed E-state index contributed by atoms with van der Waals surface area (Å²) in [6.07, 6.45) is 93.8. The van der Waals surface area contributed by atoms with Gasteiger partial charge in [0.05, 0.1) is 39.9 Å². The third-order valence-corrected chi connectivity index (χ3v) is 16.8. The highest BCUT2D eigenvalue weighted by Crippen LogP contribution is 2.38. The van der Waals surface area contributed by atoms with E-state index < -0.39 is 20.0 Å². The maximum atomic E-state index is 13.0. The monoisotopic (exact) mass is 1190 g/mol. The fraction of sp³-hybridized carbons (Fsp3) is 0.773. The van der Waals surface area contributed by atoms with Gasteiger partial charge in [0, 0.05) is 6.42 Å². The molecule has 0 heterocycles. The zero-order valence-corrected chi connectivity index (χ0v) is 56.7. The number of phosphoric acid groups is 1. The molecule has 0 aliphatic carbocycles. The number of allylic oxidation sites excluding steroid dienone is 15. The minimum Gasteiger partial charge on any atom is -0.756 e. The molecule has 0 spiro atoms. The van der Waals surface area contributed by atoms with Crippen LogP contribution in [0.15, 0.2) is 97.2 Å². The van der Waals surface area contributed by atoms with Crippen molar-refractivity contribution in [3.05, 3.63) is 97.2 Å². The molecule has 0 bridgehead atoms. The van der Waals surface area contributed by atoms with Gasteiger partial charge in [-0.3, -0.25) is 9.36 Å². The molecule has 0 aromatic rings. The van der Waals surface area contributed by atoms with Crippen LogP contribution in [-0.2, 0) is 18.4 Å². The van der Waals surface area contributed by atoms with Crippen molar-refractivity contribution in [1.29, 1.82) is 0 Å². The average Bonchev–Trinajstić information content (AvgIpc) is 3.56. The Kier molecular flexibility index (Phi) is 62.9. The maximum Gasteiger partial charge on any atom is 0.268 e. The number of phosphoric ester groups is 1. The van der Waals surface area contributed by atoms with E-state index in [4.69, 9.17) is 9.05 Å². The van der Waals surface area contributed by atoms with Gasteiger partial charge in [-0.15, -0.1) is 0 Å². The molecule has 2 N–H and O–H groups in total. The third-order valence-electron chi connectivity index (χ3n) is 15.8. The second-order valence-corrected chi connectivity index (χ2v) is 26.6. The number of quaternary nitrogens is 1. The van der Waals surface area contributed by atoms with Crippen LogP contribution in [0.5, 0.6) is 0 Å². The number of carbonyl (C=O) groups is 1. The molecule has 0 saturated heterocycles. The Morgan fingerprint density at radius 2 is 0.726 bits per heavy atom. The van der Waals surface area contributed by atoms with Gasteiger partial charge < -0.3 is 28.8 Å². The van der Waals surface area contributed by atoms with Crippen LogP contribution in [0.1, 0.15) is 322 Å². The van der Waals surface area contributed by atoms with Crippen LogP contribution in [0.2, 0.25) is 0 Å². The first kappa shape index (κ1) is 81.4. The summed E-state index contributed by atoms with van der Waals surface area (Å²) in [5, 5.41) is 14.0. The van der Waals surface area contributed by atoms with Crippen LogP contribution in [0, 0.1) is 0 Å². The first-order chi connectivity index (χ1) is 41.0. The molecule has 8 nitrogen and oxygen atoms in total. The summed E-state index contributed by atoms with van der Waals surface area (Å²) in [4.78, 5) is 25.6. The van der Waals surface area contributed by atoms with Crippen molar-refractivity contribution in [2.75, 3.05) is 40.9 Å². The lowest BCUT2D eigenvalue weighted by atomic mass is 10.0. The Morgan fingerprint density at radius 1 is 0.429 bits per heavy atom. The van der Waals surface area contributed by atoms with E-state index in [1.54, 1.807) is 6.08 Å². The highest BCUT2D eigenvalue weighted by Gasteiger charge is 2.23. The van der Waals surface area contributed by atoms with Crippen molar-refractivity contribution in [3.8, 4) is 0 Å². The number of carbonyl (C=O) groups excluding carboxylic acids is 1. The molecule has 0 saturated carbocycles. The summed E-state index contributed by atoms with van der Waals surface area (Å²) in [5.74, 6) is -0.195. The summed E-state index contributed by atoms with van der Waals surface area (Å²) in [6, 6.07) is -0.891. The number of unbranched alkanes of at least 4 members (excludes halogenated alkanes) is 38. The van der Waals surface area contributed by atoms with Crippen molar-refractivity contribution in [3.63, 3.8) is 0 Å². The Labute approximate surface area is 521 Å². The Balaban J connectivity index is 4.03. The normalized spacial score (nSPS) is 14.2. The lowest BCUT2D eigenvalue weighted by Crippen LogP contribution is -2.45. The molecule has 0 aromatic carbocycles. The van der Waals surface area contributed by atoms with E-state index in [9.17, 15) is 19.4 Å². The number of amides is 1. The molecular weight excluding hydrogens is 1060 g/mol. The van der Waals surface area contributed by atoms with E-state index in [0.29, 0.717) is 17.4 Å². The maximum absolute atomic E-state index is 13.0. The summed E-state index contributed by atoms with van der Waals surface area (Å²) in [7, 11) is 1.27. The van der Waals surface area contributed by atoms with Crippen molar-refractivity contribution < 1.29 is 32.9 Å². The molecule has 0 fully saturated rings. The van der Waals surface area contributed by atoms with Gasteiger partial charge in [0.15, 0.2) is 0 Å². The van der Waals surface area contributed by atoms with Crippen molar-refractivity contribution >= 4 is 13.7 Å². The van der Waals surface area contributed by atoms with Gasteiger partial charge in [0.2, 0.25) is 5.91 Å². The van der Waals surface area contributed by atoms with Crippen LogP contribution >= 0.6 is 7.82 Å². The molecule has 0 aromatic heterocycles. The molecule has 0 aliphatic heterocycles. The average molecular weight is 1190 g/mol. The van der Waals surface area contributed by atoms with Gasteiger partial charge in [-0.2, -0.15) is 0 Å². The molecule has 3 atom stereocenters. The molecule has 1 amide bonds. The third kappa shape index (κ3) is 66.9. The van der Waals surface area contributed by atoms with Crippen LogP contribution < -0.4 is 10.2 Å². The number of hydrogen-bond donors (Lipinski definition) is 2. The number of aliphatic hydroxyl groups is 1. The number of hydrogen-bond acceptors (Lipinski definition) is 6. The fourth-order valence-electron chi connectivity index (χ4n) is 10.3. The standard InChI is InChI=1S/C75H137N2O6P/c1-6-8-10-12-14-16-18-20-22-24-26-28-30-31-32-33-34-35-36-37-38-39-40-41-42-43-44-45-47-49-51-53-55-57-59-61-63-65-67-69-75(79)76-73(72-83-84(80,81)82-71-70-77(3,4)5)74(78)68-66-64-62-60-58-56-54-52-50-48-46-29-27-25-23-21-19-17-15-13-11-9-7-2/h8,10,14,16,20,22,26,28,31-32,34-35,37-38,66,68,73-74,78H,6-7,9,11-13,15,17-19,21,23-25,27,29-30,33,36,39-65,67,69-72H2,1-5H3,(H-,76,79,80,81)/b10-8-,16-14-,22-20-,28-26-,32-31-,35-34-,38-37-,68-66+. The first-order valence-electron chi connectivity index (χ1n) is 35.6. The molecule has 84 heavy (non-hydrogen) atoms. The number of likely N-dealkylation sites (N-methyl/N-ethyl adjacent to an activating group) is 1. The Morgan fingerprint density at radius 3 is 1.06 bits per heavy atom. The molecule has 488 valence electrons. The van der Waals surface area contributed by atoms with E-state index in [0.717, 1.165) is 83.5 Å². The minimum atomic E-state index is -4.61. The van der Waals surface area contributed by atoms with Gasteiger partial charge in [-0.05, 0) is 77.0 Å². The highest BCUT2D eigenvalue weighted by atomic mass is 31.2. The van der Waals surface area contributed by atoms with Crippen molar-refractivity contribution in [2.24, 2.45) is 0 Å². The quantitative estimate of drug-likeness (QED) is 0.0272. The second kappa shape index (κ2) is 64.9. The summed E-state index contributed by atoms with van der Waals surface area (Å²) in [6.45, 7) is 4.57. The van der Waals surface area contributed by atoms with Gasteiger partial charge in [-0.25, -0.2) is 0 Å².